The molecule has 49 heavy (non-hydrogen) atoms. The fourth-order valence-electron chi connectivity index (χ4n) is 5.16. The highest BCUT2D eigenvalue weighted by Gasteiger charge is 2.32. The molecule has 1 aliphatic heterocycles. The minimum atomic E-state index is -0.801. The van der Waals surface area contributed by atoms with Crippen molar-refractivity contribution in [3.8, 4) is 17.2 Å². The monoisotopic (exact) mass is 667 g/mol. The number of allylic oxidation sites excluding steroid dienone is 1. The van der Waals surface area contributed by atoms with Crippen molar-refractivity contribution in [2.24, 2.45) is 5.10 Å². The van der Waals surface area contributed by atoms with E-state index in [1.165, 1.54) is 25.5 Å². The Balaban J connectivity index is 1.26. The van der Waals surface area contributed by atoms with Gasteiger partial charge in [-0.05, 0) is 66.1 Å². The van der Waals surface area contributed by atoms with Crippen molar-refractivity contribution >= 4 is 40.6 Å². The summed E-state index contributed by atoms with van der Waals surface area (Å²) in [6.07, 6.45) is 1.48. The molecule has 0 radical (unpaired) electrons. The molecule has 0 saturated heterocycles. The molecule has 14 heteroatoms. The predicted molar refractivity (Wildman–Crippen MR) is 179 cm³/mol. The van der Waals surface area contributed by atoms with Crippen LogP contribution < -0.4 is 30.3 Å². The van der Waals surface area contributed by atoms with Gasteiger partial charge in [-0.25, -0.2) is 15.0 Å². The third-order valence-corrected chi connectivity index (χ3v) is 7.50. The molecule has 1 aliphatic rings. The van der Waals surface area contributed by atoms with E-state index in [1.54, 1.807) is 50.2 Å². The molecule has 1 atom stereocenters. The Labute approximate surface area is 280 Å². The summed E-state index contributed by atoms with van der Waals surface area (Å²) in [6, 6.07) is 20.9. The predicted octanol–water partition coefficient (Wildman–Crippen LogP) is 5.06. The molecule has 252 valence electrons. The van der Waals surface area contributed by atoms with Gasteiger partial charge in [0.05, 0.1) is 36.5 Å². The average Bonchev–Trinajstić information content (AvgIpc) is 3.10. The Morgan fingerprint density at radius 2 is 1.76 bits per heavy atom. The first kappa shape index (κ1) is 33.9. The first-order valence-electron chi connectivity index (χ1n) is 15.1. The maximum absolute atomic E-state index is 12.7. The van der Waals surface area contributed by atoms with Crippen molar-refractivity contribution < 1.29 is 38.3 Å². The number of nitrogens with one attached hydrogen (secondary N) is 3. The van der Waals surface area contributed by atoms with E-state index in [1.807, 2.05) is 30.3 Å². The Bertz CT molecular complexity index is 1960. The number of esters is 1. The normalized spacial score (nSPS) is 14.2. The molecule has 1 heterocycles. The third-order valence-electron chi connectivity index (χ3n) is 7.50. The molecule has 0 spiro atoms. The number of non-ortho nitro benzene ring substituents is 1. The number of ether oxygens (including phenoxy) is 4. The summed E-state index contributed by atoms with van der Waals surface area (Å²) in [7, 11) is 1.43. The Hall–Kier alpha value is -6.44. The number of hydrogen-bond acceptors (Lipinski definition) is 10. The van der Waals surface area contributed by atoms with E-state index in [2.05, 4.69) is 21.2 Å². The summed E-state index contributed by atoms with van der Waals surface area (Å²) >= 11 is 0. The van der Waals surface area contributed by atoms with Crippen LogP contribution in [0.4, 0.5) is 10.5 Å². The molecule has 0 fully saturated rings. The smallest absolute Gasteiger partial charge is 0.338 e. The van der Waals surface area contributed by atoms with Crippen molar-refractivity contribution in [3.05, 3.63) is 117 Å². The van der Waals surface area contributed by atoms with E-state index in [0.717, 1.165) is 16.3 Å². The van der Waals surface area contributed by atoms with Gasteiger partial charge in [0.2, 0.25) is 0 Å². The first-order valence-corrected chi connectivity index (χ1v) is 15.1. The molecule has 0 saturated carbocycles. The maximum atomic E-state index is 12.7. The highest BCUT2D eigenvalue weighted by molar-refractivity contribution is 6.02. The number of nitro benzene ring substituents is 1. The second-order valence-electron chi connectivity index (χ2n) is 10.7. The molecule has 0 aliphatic carbocycles. The minimum Gasteiger partial charge on any atom is -0.493 e. The van der Waals surface area contributed by atoms with Crippen LogP contribution in [0.3, 0.4) is 0 Å². The Morgan fingerprint density at radius 3 is 2.49 bits per heavy atom. The van der Waals surface area contributed by atoms with Gasteiger partial charge < -0.3 is 29.6 Å². The number of carbonyl (C=O) groups is 3. The highest BCUT2D eigenvalue weighted by Crippen LogP contribution is 2.35. The van der Waals surface area contributed by atoms with E-state index in [0.29, 0.717) is 22.6 Å². The van der Waals surface area contributed by atoms with E-state index in [-0.39, 0.29) is 36.0 Å². The first-order chi connectivity index (χ1) is 23.7. The lowest BCUT2D eigenvalue weighted by Crippen LogP contribution is -2.45. The summed E-state index contributed by atoms with van der Waals surface area (Å²) in [5.41, 5.74) is 4.96. The lowest BCUT2D eigenvalue weighted by atomic mass is 9.95. The van der Waals surface area contributed by atoms with Crippen molar-refractivity contribution in [1.29, 1.82) is 0 Å². The van der Waals surface area contributed by atoms with Gasteiger partial charge in [0.1, 0.15) is 12.4 Å². The number of fused-ring (bicyclic) bond motifs is 1. The van der Waals surface area contributed by atoms with Gasteiger partial charge >= 0.3 is 12.0 Å². The van der Waals surface area contributed by atoms with Gasteiger partial charge in [-0.1, -0.05) is 36.4 Å². The Morgan fingerprint density at radius 1 is 1.00 bits per heavy atom. The molecule has 3 N–H and O–H groups in total. The van der Waals surface area contributed by atoms with Crippen molar-refractivity contribution in [1.82, 2.24) is 16.1 Å². The van der Waals surface area contributed by atoms with Crippen molar-refractivity contribution in [3.63, 3.8) is 0 Å². The summed E-state index contributed by atoms with van der Waals surface area (Å²) in [6.45, 7) is 3.23. The SMILES string of the molecule is CCOC(=O)C1=C(C)NC(=O)N[C@H]1c1ccc(OCC(=O)N/N=C/c2c(OCc3ccc([N+](=O)[O-])cc3)ccc3ccccc23)c(OC)c1. The van der Waals surface area contributed by atoms with Crippen LogP contribution in [0.15, 0.2) is 95.2 Å². The van der Waals surface area contributed by atoms with Crippen LogP contribution in [0.5, 0.6) is 17.2 Å². The fraction of sp³-hybridized carbons (Fsp3) is 0.200. The van der Waals surface area contributed by atoms with E-state index < -0.39 is 35.5 Å². The summed E-state index contributed by atoms with van der Waals surface area (Å²) in [5, 5.41) is 22.2. The minimum absolute atomic E-state index is 0.0122. The zero-order valence-corrected chi connectivity index (χ0v) is 26.9. The van der Waals surface area contributed by atoms with Gasteiger partial charge in [0.15, 0.2) is 18.1 Å². The van der Waals surface area contributed by atoms with Crippen LogP contribution in [0.25, 0.3) is 10.8 Å². The van der Waals surface area contributed by atoms with Gasteiger partial charge in [0.25, 0.3) is 11.6 Å². The lowest BCUT2D eigenvalue weighted by Gasteiger charge is -2.28. The average molecular weight is 668 g/mol. The zero-order valence-electron chi connectivity index (χ0n) is 26.9. The van der Waals surface area contributed by atoms with Crippen LogP contribution in [0, 0.1) is 10.1 Å². The number of nitrogens with zero attached hydrogens (tertiary/aromatic N) is 2. The number of urea groups is 1. The summed E-state index contributed by atoms with van der Waals surface area (Å²) in [4.78, 5) is 48.1. The molecule has 14 nitrogen and oxygen atoms in total. The zero-order chi connectivity index (χ0) is 34.9. The molecule has 4 aromatic rings. The number of methoxy groups -OCH3 is 1. The van der Waals surface area contributed by atoms with Crippen molar-refractivity contribution in [2.75, 3.05) is 20.3 Å². The number of rotatable bonds is 13. The fourth-order valence-corrected chi connectivity index (χ4v) is 5.16. The van der Waals surface area contributed by atoms with Gasteiger partial charge in [-0.15, -0.1) is 0 Å². The maximum Gasteiger partial charge on any atom is 0.338 e. The molecular formula is C35H33N5O9. The van der Waals surface area contributed by atoms with E-state index in [4.69, 9.17) is 18.9 Å². The third kappa shape index (κ3) is 8.11. The summed E-state index contributed by atoms with van der Waals surface area (Å²) in [5.74, 6) is -0.101. The molecule has 0 unspecified atom stereocenters. The second kappa shape index (κ2) is 15.4. The number of amides is 3. The number of hydrazone groups is 1. The molecule has 5 rings (SSSR count). The molecule has 0 aromatic heterocycles. The standard InChI is InChI=1S/C35H33N5O9/c1-4-47-34(42)32-21(2)37-35(43)38-33(32)24-12-16-29(30(17-24)46-3)49-20-31(41)39-36-18-27-26-8-6-5-7-23(26)11-15-28(27)48-19-22-9-13-25(14-10-22)40(44)45/h5-18,33H,4,19-20H2,1-3H3,(H,39,41)(H2,37,38,43)/b36-18+/t33-/m0/s1. The number of benzene rings is 4. The summed E-state index contributed by atoms with van der Waals surface area (Å²) < 4.78 is 22.4. The molecule has 0 bridgehead atoms. The lowest BCUT2D eigenvalue weighted by molar-refractivity contribution is -0.384. The van der Waals surface area contributed by atoms with Crippen molar-refractivity contribution in [2.45, 2.75) is 26.5 Å². The van der Waals surface area contributed by atoms with Crippen LogP contribution >= 0.6 is 0 Å². The van der Waals surface area contributed by atoms with Crippen LogP contribution in [-0.2, 0) is 20.9 Å². The largest absolute Gasteiger partial charge is 0.493 e. The molecule has 3 amide bonds. The van der Waals surface area contributed by atoms with Crippen LogP contribution in [0.2, 0.25) is 0 Å². The van der Waals surface area contributed by atoms with Crippen LogP contribution in [-0.4, -0.2) is 49.4 Å². The topological polar surface area (TPSA) is 180 Å². The highest BCUT2D eigenvalue weighted by atomic mass is 16.6. The quantitative estimate of drug-likeness (QED) is 0.0761. The second-order valence-corrected chi connectivity index (χ2v) is 10.7. The van der Waals surface area contributed by atoms with E-state index in [9.17, 15) is 24.5 Å². The number of nitro groups is 1. The number of hydrogen-bond donors (Lipinski definition) is 3. The number of carbonyl (C=O) groups excluding carboxylic acids is 3. The van der Waals surface area contributed by atoms with E-state index >= 15 is 0 Å². The Kier molecular flexibility index (Phi) is 10.7. The molecular weight excluding hydrogens is 634 g/mol. The van der Waals surface area contributed by atoms with Gasteiger partial charge in [0, 0.05) is 23.4 Å². The van der Waals surface area contributed by atoms with Crippen LogP contribution in [0.1, 0.15) is 36.6 Å². The van der Waals surface area contributed by atoms with Gasteiger partial charge in [-0.3, -0.25) is 14.9 Å². The molecule has 4 aromatic carbocycles. The van der Waals surface area contributed by atoms with Gasteiger partial charge in [-0.2, -0.15) is 5.10 Å².